The van der Waals surface area contributed by atoms with Gasteiger partial charge in [-0.05, 0) is 25.5 Å². The van der Waals surface area contributed by atoms with Crippen LogP contribution in [0.2, 0.25) is 0 Å². The van der Waals surface area contributed by atoms with E-state index in [2.05, 4.69) is 10.3 Å². The van der Waals surface area contributed by atoms with Crippen LogP contribution in [0.3, 0.4) is 0 Å². The molecule has 0 saturated carbocycles. The van der Waals surface area contributed by atoms with Gasteiger partial charge < -0.3 is 9.26 Å². The van der Waals surface area contributed by atoms with Gasteiger partial charge in [0.1, 0.15) is 12.4 Å². The molecular formula is C22H19N3O4. The van der Waals surface area contributed by atoms with Crippen LogP contribution >= 0.6 is 0 Å². The van der Waals surface area contributed by atoms with E-state index in [1.54, 1.807) is 38.1 Å². The molecule has 0 unspecified atom stereocenters. The Morgan fingerprint density at radius 2 is 1.72 bits per heavy atom. The number of aryl methyl sites for hydroxylation is 2. The molecule has 4 aromatic rings. The van der Waals surface area contributed by atoms with Crippen LogP contribution in [0.1, 0.15) is 33.1 Å². The Bertz CT molecular complexity index is 1220. The van der Waals surface area contributed by atoms with Crippen LogP contribution < -0.4 is 5.56 Å². The van der Waals surface area contributed by atoms with Gasteiger partial charge in [0.25, 0.3) is 5.56 Å². The van der Waals surface area contributed by atoms with Crippen LogP contribution in [0, 0.1) is 13.8 Å². The fourth-order valence-corrected chi connectivity index (χ4v) is 3.16. The van der Waals surface area contributed by atoms with E-state index in [0.29, 0.717) is 22.2 Å². The minimum Gasteiger partial charge on any atom is -0.456 e. The van der Waals surface area contributed by atoms with Crippen molar-refractivity contribution >= 4 is 16.7 Å². The number of carbonyl (C=O) groups is 1. The maximum absolute atomic E-state index is 12.9. The Kier molecular flexibility index (Phi) is 4.95. The molecule has 0 N–H and O–H groups in total. The maximum Gasteiger partial charge on any atom is 0.359 e. The Morgan fingerprint density at radius 3 is 2.41 bits per heavy atom. The van der Waals surface area contributed by atoms with Crippen molar-refractivity contribution in [1.29, 1.82) is 0 Å². The lowest BCUT2D eigenvalue weighted by Gasteiger charge is -2.11. The molecule has 0 saturated heterocycles. The summed E-state index contributed by atoms with van der Waals surface area (Å²) < 4.78 is 11.9. The van der Waals surface area contributed by atoms with Crippen molar-refractivity contribution < 1.29 is 14.1 Å². The molecule has 0 aliphatic carbocycles. The summed E-state index contributed by atoms with van der Waals surface area (Å²) in [5.74, 6) is -0.00910. The minimum absolute atomic E-state index is 0.0216. The normalized spacial score (nSPS) is 11.0. The number of hydrogen-bond donors (Lipinski definition) is 0. The molecule has 4 rings (SSSR count). The predicted molar refractivity (Wildman–Crippen MR) is 107 cm³/mol. The highest BCUT2D eigenvalue weighted by atomic mass is 16.5. The first kappa shape index (κ1) is 18.6. The van der Waals surface area contributed by atoms with Crippen LogP contribution in [0.25, 0.3) is 10.8 Å². The molecule has 29 heavy (non-hydrogen) atoms. The lowest BCUT2D eigenvalue weighted by molar-refractivity contribution is 0.0463. The van der Waals surface area contributed by atoms with Crippen LogP contribution in [0.15, 0.2) is 63.9 Å². The molecule has 0 radical (unpaired) electrons. The highest BCUT2D eigenvalue weighted by Gasteiger charge is 2.19. The van der Waals surface area contributed by atoms with Gasteiger partial charge in [-0.25, -0.2) is 9.48 Å². The van der Waals surface area contributed by atoms with Gasteiger partial charge in [0.15, 0.2) is 5.69 Å². The molecule has 0 aliphatic rings. The molecule has 0 fully saturated rings. The Balaban J connectivity index is 1.71. The minimum atomic E-state index is -0.608. The summed E-state index contributed by atoms with van der Waals surface area (Å²) in [5, 5.41) is 9.08. The van der Waals surface area contributed by atoms with E-state index in [-0.39, 0.29) is 24.4 Å². The van der Waals surface area contributed by atoms with Gasteiger partial charge in [0, 0.05) is 5.39 Å². The third kappa shape index (κ3) is 3.67. The average molecular weight is 389 g/mol. The summed E-state index contributed by atoms with van der Waals surface area (Å²) in [6.45, 7) is 3.83. The summed E-state index contributed by atoms with van der Waals surface area (Å²) in [6, 6.07) is 16.4. The predicted octanol–water partition coefficient (Wildman–Crippen LogP) is 3.41. The molecule has 0 atom stereocenters. The summed E-state index contributed by atoms with van der Waals surface area (Å²) in [4.78, 5) is 25.7. The summed E-state index contributed by atoms with van der Waals surface area (Å²) in [7, 11) is 0. The van der Waals surface area contributed by atoms with Crippen molar-refractivity contribution in [2.45, 2.75) is 27.0 Å². The molecular weight excluding hydrogens is 370 g/mol. The highest BCUT2D eigenvalue weighted by Crippen LogP contribution is 2.18. The van der Waals surface area contributed by atoms with E-state index < -0.39 is 5.97 Å². The molecule has 0 aliphatic heterocycles. The summed E-state index contributed by atoms with van der Waals surface area (Å²) >= 11 is 0. The van der Waals surface area contributed by atoms with Crippen molar-refractivity contribution in [2.24, 2.45) is 0 Å². The smallest absolute Gasteiger partial charge is 0.359 e. The molecule has 0 spiro atoms. The summed E-state index contributed by atoms with van der Waals surface area (Å²) in [6.07, 6.45) is 0. The number of esters is 1. The van der Waals surface area contributed by atoms with Crippen molar-refractivity contribution in [3.05, 3.63) is 93.2 Å². The third-order valence-electron chi connectivity index (χ3n) is 4.77. The number of ether oxygens (including phenoxy) is 1. The topological polar surface area (TPSA) is 87.2 Å². The molecule has 0 amide bonds. The number of benzene rings is 2. The second kappa shape index (κ2) is 7.71. The number of hydrogen-bond acceptors (Lipinski definition) is 6. The van der Waals surface area contributed by atoms with E-state index in [1.807, 2.05) is 30.3 Å². The van der Waals surface area contributed by atoms with Crippen molar-refractivity contribution in [3.8, 4) is 0 Å². The second-order valence-electron chi connectivity index (χ2n) is 6.72. The maximum atomic E-state index is 12.9. The van der Waals surface area contributed by atoms with E-state index in [4.69, 9.17) is 9.26 Å². The SMILES string of the molecule is Cc1noc(C)c1COC(=O)c1nn(Cc2ccccc2)c(=O)c2ccccc12. The summed E-state index contributed by atoms with van der Waals surface area (Å²) in [5.41, 5.74) is 2.14. The number of fused-ring (bicyclic) bond motifs is 1. The van der Waals surface area contributed by atoms with Crippen LogP contribution in [-0.2, 0) is 17.9 Å². The zero-order valence-corrected chi connectivity index (χ0v) is 16.1. The van der Waals surface area contributed by atoms with Crippen LogP contribution in [0.5, 0.6) is 0 Å². The first-order valence-electron chi connectivity index (χ1n) is 9.17. The number of nitrogens with zero attached hydrogens (tertiary/aromatic N) is 3. The van der Waals surface area contributed by atoms with Gasteiger partial charge in [-0.15, -0.1) is 0 Å². The molecule has 2 aromatic heterocycles. The number of aromatic nitrogens is 3. The Labute approximate surface area is 166 Å². The molecule has 0 bridgehead atoms. The van der Waals surface area contributed by atoms with E-state index in [1.165, 1.54) is 4.68 Å². The van der Waals surface area contributed by atoms with Gasteiger partial charge in [-0.3, -0.25) is 4.79 Å². The monoisotopic (exact) mass is 389 g/mol. The Morgan fingerprint density at radius 1 is 1.03 bits per heavy atom. The number of carbonyl (C=O) groups excluding carboxylic acids is 1. The quantitative estimate of drug-likeness (QED) is 0.486. The fourth-order valence-electron chi connectivity index (χ4n) is 3.16. The van der Waals surface area contributed by atoms with E-state index in [0.717, 1.165) is 11.1 Å². The fraction of sp³-hybridized carbons (Fsp3) is 0.182. The molecule has 2 aromatic carbocycles. The van der Waals surface area contributed by atoms with Gasteiger partial charge in [0.2, 0.25) is 0 Å². The first-order valence-corrected chi connectivity index (χ1v) is 9.17. The van der Waals surface area contributed by atoms with E-state index in [9.17, 15) is 9.59 Å². The largest absolute Gasteiger partial charge is 0.456 e. The van der Waals surface area contributed by atoms with Crippen molar-refractivity contribution in [3.63, 3.8) is 0 Å². The highest BCUT2D eigenvalue weighted by molar-refractivity contribution is 6.02. The molecule has 146 valence electrons. The third-order valence-corrected chi connectivity index (χ3v) is 4.77. The standard InChI is InChI=1S/C22H19N3O4/c1-14-19(15(2)29-24-14)13-28-22(27)20-17-10-6-7-11-18(17)21(26)25(23-20)12-16-8-4-3-5-9-16/h3-11H,12-13H2,1-2H3. The number of rotatable bonds is 5. The molecule has 7 nitrogen and oxygen atoms in total. The zero-order chi connectivity index (χ0) is 20.4. The van der Waals surface area contributed by atoms with Crippen LogP contribution in [0.4, 0.5) is 0 Å². The lowest BCUT2D eigenvalue weighted by atomic mass is 10.1. The van der Waals surface area contributed by atoms with E-state index >= 15 is 0 Å². The second-order valence-corrected chi connectivity index (χ2v) is 6.72. The van der Waals surface area contributed by atoms with Gasteiger partial charge >= 0.3 is 5.97 Å². The van der Waals surface area contributed by atoms with Gasteiger partial charge in [-0.1, -0.05) is 53.7 Å². The lowest BCUT2D eigenvalue weighted by Crippen LogP contribution is -2.27. The zero-order valence-electron chi connectivity index (χ0n) is 16.1. The first-order chi connectivity index (χ1) is 14.0. The van der Waals surface area contributed by atoms with Crippen molar-refractivity contribution in [1.82, 2.24) is 14.9 Å². The van der Waals surface area contributed by atoms with Crippen LogP contribution in [-0.4, -0.2) is 20.9 Å². The average Bonchev–Trinajstić information content (AvgIpc) is 3.06. The molecule has 7 heteroatoms. The van der Waals surface area contributed by atoms with Gasteiger partial charge in [-0.2, -0.15) is 5.10 Å². The molecule has 2 heterocycles. The van der Waals surface area contributed by atoms with Gasteiger partial charge in [0.05, 0.1) is 23.2 Å². The Hall–Kier alpha value is -3.74. The van der Waals surface area contributed by atoms with Crippen molar-refractivity contribution in [2.75, 3.05) is 0 Å².